The van der Waals surface area contributed by atoms with Crippen molar-refractivity contribution in [2.75, 3.05) is 7.11 Å². The summed E-state index contributed by atoms with van der Waals surface area (Å²) in [5.41, 5.74) is 1.51. The number of methoxy groups -OCH3 is 1. The van der Waals surface area contributed by atoms with Crippen molar-refractivity contribution in [2.45, 2.75) is 6.92 Å². The molecule has 6 heteroatoms. The summed E-state index contributed by atoms with van der Waals surface area (Å²) in [5.74, 6) is 0.857. The monoisotopic (exact) mass is 312 g/mol. The van der Waals surface area contributed by atoms with E-state index in [4.69, 9.17) is 9.15 Å². The maximum Gasteiger partial charge on any atom is 0.227 e. The number of aromatic nitrogens is 2. The molecule has 0 aliphatic heterocycles. The SMILES string of the molecule is COc1ccc(-c2nn(C)cc2-c2oc(C)cc(=O)c2O)cc1. The van der Waals surface area contributed by atoms with Gasteiger partial charge in [-0.25, -0.2) is 0 Å². The van der Waals surface area contributed by atoms with Crippen LogP contribution >= 0.6 is 0 Å². The Morgan fingerprint density at radius 1 is 1.26 bits per heavy atom. The first kappa shape index (κ1) is 14.9. The normalized spacial score (nSPS) is 10.7. The molecule has 23 heavy (non-hydrogen) atoms. The summed E-state index contributed by atoms with van der Waals surface area (Å²) in [5, 5.41) is 14.5. The number of benzene rings is 1. The Labute approximate surface area is 132 Å². The number of nitrogens with zero attached hydrogens (tertiary/aromatic N) is 2. The van der Waals surface area contributed by atoms with Crippen molar-refractivity contribution in [3.8, 4) is 34.1 Å². The van der Waals surface area contributed by atoms with Crippen molar-refractivity contribution >= 4 is 0 Å². The smallest absolute Gasteiger partial charge is 0.227 e. The van der Waals surface area contributed by atoms with E-state index >= 15 is 0 Å². The zero-order valence-electron chi connectivity index (χ0n) is 13.0. The van der Waals surface area contributed by atoms with Crippen molar-refractivity contribution in [1.29, 1.82) is 0 Å². The van der Waals surface area contributed by atoms with Gasteiger partial charge >= 0.3 is 0 Å². The molecule has 2 heterocycles. The third-order valence-electron chi connectivity index (χ3n) is 3.48. The standard InChI is InChI=1S/C17H16N2O4/c1-10-8-14(20)16(21)17(23-10)13-9-19(2)18-15(13)11-4-6-12(22-3)7-5-11/h4-9,21H,1-3H3. The molecule has 0 aliphatic rings. The fraction of sp³-hybridized carbons (Fsp3) is 0.176. The van der Waals surface area contributed by atoms with Crippen molar-refractivity contribution in [3.63, 3.8) is 0 Å². The molecule has 1 N–H and O–H groups in total. The Kier molecular flexibility index (Phi) is 3.65. The molecule has 0 fully saturated rings. The van der Waals surface area contributed by atoms with Crippen LogP contribution in [0.25, 0.3) is 22.6 Å². The number of hydrogen-bond acceptors (Lipinski definition) is 5. The third-order valence-corrected chi connectivity index (χ3v) is 3.48. The van der Waals surface area contributed by atoms with Gasteiger partial charge in [0.15, 0.2) is 5.76 Å². The van der Waals surface area contributed by atoms with Crippen molar-refractivity contribution < 1.29 is 14.3 Å². The van der Waals surface area contributed by atoms with E-state index in [1.54, 1.807) is 32.0 Å². The Balaban J connectivity index is 2.20. The molecule has 0 spiro atoms. The van der Waals surface area contributed by atoms with Gasteiger partial charge in [-0.1, -0.05) is 0 Å². The zero-order chi connectivity index (χ0) is 16.6. The summed E-state index contributed by atoms with van der Waals surface area (Å²) in [6.07, 6.45) is 1.71. The summed E-state index contributed by atoms with van der Waals surface area (Å²) in [6.45, 7) is 1.66. The Morgan fingerprint density at radius 3 is 2.61 bits per heavy atom. The van der Waals surface area contributed by atoms with Crippen LogP contribution in [-0.2, 0) is 7.05 Å². The number of ether oxygens (including phenoxy) is 1. The first-order chi connectivity index (χ1) is 11.0. The number of aromatic hydroxyl groups is 1. The van der Waals surface area contributed by atoms with Crippen molar-refractivity contribution in [3.05, 3.63) is 52.5 Å². The maximum atomic E-state index is 11.8. The summed E-state index contributed by atoms with van der Waals surface area (Å²) in [6, 6.07) is 8.60. The molecule has 3 rings (SSSR count). The maximum absolute atomic E-state index is 11.8. The largest absolute Gasteiger partial charge is 0.502 e. The van der Waals surface area contributed by atoms with Crippen LogP contribution in [0.1, 0.15) is 5.76 Å². The third kappa shape index (κ3) is 2.70. The van der Waals surface area contributed by atoms with E-state index in [1.165, 1.54) is 6.07 Å². The average Bonchev–Trinajstić information content (AvgIpc) is 2.92. The van der Waals surface area contributed by atoms with E-state index in [1.807, 2.05) is 24.3 Å². The first-order valence-corrected chi connectivity index (χ1v) is 7.01. The quantitative estimate of drug-likeness (QED) is 0.804. The van der Waals surface area contributed by atoms with Crippen LogP contribution in [0.5, 0.6) is 11.5 Å². The second kappa shape index (κ2) is 5.64. The van der Waals surface area contributed by atoms with Crippen molar-refractivity contribution in [2.24, 2.45) is 7.05 Å². The molecule has 0 amide bonds. The van der Waals surface area contributed by atoms with Gasteiger partial charge in [0.25, 0.3) is 0 Å². The second-order valence-corrected chi connectivity index (χ2v) is 5.19. The molecule has 6 nitrogen and oxygen atoms in total. The van der Waals surface area contributed by atoms with Gasteiger partial charge in [0.2, 0.25) is 11.2 Å². The Bertz CT molecular complexity index is 907. The van der Waals surface area contributed by atoms with Gasteiger partial charge in [0.05, 0.1) is 12.7 Å². The molecule has 0 unspecified atom stereocenters. The van der Waals surface area contributed by atoms with Gasteiger partial charge in [-0.3, -0.25) is 9.48 Å². The summed E-state index contributed by atoms with van der Waals surface area (Å²) < 4.78 is 12.3. The lowest BCUT2D eigenvalue weighted by Crippen LogP contribution is -2.01. The lowest BCUT2D eigenvalue weighted by Gasteiger charge is -2.06. The summed E-state index contributed by atoms with van der Waals surface area (Å²) in [7, 11) is 3.36. The molecule has 1 aromatic carbocycles. The van der Waals surface area contributed by atoms with Crippen LogP contribution < -0.4 is 10.2 Å². The van der Waals surface area contributed by atoms with Crippen molar-refractivity contribution in [1.82, 2.24) is 9.78 Å². The number of aryl methyl sites for hydroxylation is 2. The predicted molar refractivity (Wildman–Crippen MR) is 85.6 cm³/mol. The van der Waals surface area contributed by atoms with E-state index in [0.29, 0.717) is 17.0 Å². The molecule has 0 atom stereocenters. The van der Waals surface area contributed by atoms with E-state index < -0.39 is 11.2 Å². The molecule has 0 aliphatic carbocycles. The van der Waals surface area contributed by atoms with Crippen LogP contribution in [0, 0.1) is 6.92 Å². The number of rotatable bonds is 3. The van der Waals surface area contributed by atoms with Crippen LogP contribution in [-0.4, -0.2) is 22.0 Å². The molecule has 0 saturated carbocycles. The lowest BCUT2D eigenvalue weighted by molar-refractivity contribution is 0.415. The van der Waals surface area contributed by atoms with Gasteiger partial charge in [0.1, 0.15) is 17.2 Å². The van der Waals surface area contributed by atoms with Gasteiger partial charge in [0, 0.05) is 24.9 Å². The van der Waals surface area contributed by atoms with Crippen LogP contribution in [0.3, 0.4) is 0 Å². The predicted octanol–water partition coefficient (Wildman–Crippen LogP) is 2.73. The van der Waals surface area contributed by atoms with Gasteiger partial charge in [-0.05, 0) is 31.2 Å². The second-order valence-electron chi connectivity index (χ2n) is 5.19. The molecular weight excluding hydrogens is 296 g/mol. The fourth-order valence-corrected chi connectivity index (χ4v) is 2.40. The lowest BCUT2D eigenvalue weighted by atomic mass is 10.1. The summed E-state index contributed by atoms with van der Waals surface area (Å²) >= 11 is 0. The van der Waals surface area contributed by atoms with Gasteiger partial charge < -0.3 is 14.3 Å². The van der Waals surface area contributed by atoms with Crippen LogP contribution in [0.4, 0.5) is 0 Å². The topological polar surface area (TPSA) is 77.5 Å². The van der Waals surface area contributed by atoms with Crippen LogP contribution in [0.2, 0.25) is 0 Å². The van der Waals surface area contributed by atoms with E-state index in [-0.39, 0.29) is 5.76 Å². The minimum atomic E-state index is -0.478. The minimum absolute atomic E-state index is 0.119. The Morgan fingerprint density at radius 2 is 1.96 bits per heavy atom. The highest BCUT2D eigenvalue weighted by atomic mass is 16.5. The molecular formula is C17H16N2O4. The van der Waals surface area contributed by atoms with E-state index in [2.05, 4.69) is 5.10 Å². The number of hydrogen-bond donors (Lipinski definition) is 1. The molecule has 0 radical (unpaired) electrons. The Hall–Kier alpha value is -3.02. The fourth-order valence-electron chi connectivity index (χ4n) is 2.40. The van der Waals surface area contributed by atoms with E-state index in [0.717, 1.165) is 11.3 Å². The van der Waals surface area contributed by atoms with Gasteiger partial charge in [-0.2, -0.15) is 5.10 Å². The first-order valence-electron chi connectivity index (χ1n) is 7.01. The summed E-state index contributed by atoms with van der Waals surface area (Å²) in [4.78, 5) is 11.8. The van der Waals surface area contributed by atoms with Crippen LogP contribution in [0.15, 0.2) is 45.7 Å². The highest BCUT2D eigenvalue weighted by Crippen LogP contribution is 2.35. The average molecular weight is 312 g/mol. The highest BCUT2D eigenvalue weighted by Gasteiger charge is 2.19. The van der Waals surface area contributed by atoms with E-state index in [9.17, 15) is 9.90 Å². The molecule has 0 bridgehead atoms. The minimum Gasteiger partial charge on any atom is -0.502 e. The molecule has 118 valence electrons. The highest BCUT2D eigenvalue weighted by molar-refractivity contribution is 5.80. The molecule has 3 aromatic rings. The zero-order valence-corrected chi connectivity index (χ0v) is 13.0. The molecule has 0 saturated heterocycles. The molecule has 2 aromatic heterocycles. The van der Waals surface area contributed by atoms with Gasteiger partial charge in [-0.15, -0.1) is 0 Å².